The first-order chi connectivity index (χ1) is 14.5. The first kappa shape index (κ1) is 22.3. The molecule has 0 radical (unpaired) electrons. The Labute approximate surface area is 180 Å². The number of nitrogens with two attached hydrogens (primary N) is 1. The second-order valence-electron chi connectivity index (χ2n) is 8.61. The minimum atomic E-state index is -3.43. The number of nitrogens with zero attached hydrogens (tertiary/aromatic N) is 4. The fourth-order valence-electron chi connectivity index (χ4n) is 4.71. The molecule has 1 aromatic heterocycles. The highest BCUT2D eigenvalue weighted by Gasteiger charge is 2.41. The SMILES string of the molecule is C[C@H](O)CN1C[C@H](N2Cc3cn(S(C)(=O)=O)nc3C2)C[C@H](N)[C@H]1c1cc(F)ccc1F. The number of piperidine rings is 1. The number of benzene rings is 1. The summed E-state index contributed by atoms with van der Waals surface area (Å²) < 4.78 is 52.8. The number of aliphatic hydroxyl groups is 1. The van der Waals surface area contributed by atoms with Gasteiger partial charge in [-0.25, -0.2) is 17.2 Å². The number of aromatic nitrogens is 2. The molecule has 3 N–H and O–H groups in total. The second-order valence-corrected chi connectivity index (χ2v) is 10.4. The Kier molecular flexibility index (Phi) is 5.90. The van der Waals surface area contributed by atoms with Gasteiger partial charge in [-0.15, -0.1) is 0 Å². The van der Waals surface area contributed by atoms with Gasteiger partial charge in [0.1, 0.15) is 11.6 Å². The highest BCUT2D eigenvalue weighted by molar-refractivity contribution is 7.89. The van der Waals surface area contributed by atoms with Crippen LogP contribution in [-0.2, 0) is 23.1 Å². The Morgan fingerprint density at radius 1 is 1.32 bits per heavy atom. The lowest BCUT2D eigenvalue weighted by molar-refractivity contribution is 0.0150. The van der Waals surface area contributed by atoms with E-state index in [1.807, 2.05) is 4.90 Å². The maximum Gasteiger partial charge on any atom is 0.250 e. The molecule has 1 saturated heterocycles. The summed E-state index contributed by atoms with van der Waals surface area (Å²) in [5.41, 5.74) is 8.23. The van der Waals surface area contributed by atoms with Gasteiger partial charge < -0.3 is 10.8 Å². The van der Waals surface area contributed by atoms with Gasteiger partial charge in [-0.05, 0) is 31.5 Å². The van der Waals surface area contributed by atoms with Crippen molar-refractivity contribution < 1.29 is 22.3 Å². The van der Waals surface area contributed by atoms with Crippen LogP contribution in [0.25, 0.3) is 0 Å². The van der Waals surface area contributed by atoms with Crippen LogP contribution in [0.3, 0.4) is 0 Å². The van der Waals surface area contributed by atoms with Crippen molar-refractivity contribution in [2.45, 2.75) is 50.7 Å². The van der Waals surface area contributed by atoms with E-state index < -0.39 is 39.8 Å². The molecule has 0 saturated carbocycles. The third kappa shape index (κ3) is 4.51. The van der Waals surface area contributed by atoms with Crippen molar-refractivity contribution in [1.82, 2.24) is 19.0 Å². The number of fused-ring (bicyclic) bond motifs is 1. The minimum Gasteiger partial charge on any atom is -0.392 e. The van der Waals surface area contributed by atoms with E-state index in [1.165, 1.54) is 12.3 Å². The summed E-state index contributed by atoms with van der Waals surface area (Å²) in [6.45, 7) is 3.44. The van der Waals surface area contributed by atoms with Crippen LogP contribution < -0.4 is 5.73 Å². The molecular weight excluding hydrogens is 428 g/mol. The number of halogens is 2. The molecule has 31 heavy (non-hydrogen) atoms. The van der Waals surface area contributed by atoms with Crippen LogP contribution in [0.2, 0.25) is 0 Å². The number of likely N-dealkylation sites (tertiary alicyclic amines) is 1. The molecule has 0 bridgehead atoms. The van der Waals surface area contributed by atoms with E-state index in [9.17, 15) is 22.3 Å². The fraction of sp³-hybridized carbons (Fsp3) is 0.550. The lowest BCUT2D eigenvalue weighted by atomic mass is 9.87. The van der Waals surface area contributed by atoms with Gasteiger partial charge in [-0.3, -0.25) is 9.80 Å². The predicted molar refractivity (Wildman–Crippen MR) is 110 cm³/mol. The Morgan fingerprint density at radius 2 is 2.06 bits per heavy atom. The Morgan fingerprint density at radius 3 is 2.71 bits per heavy atom. The number of hydrogen-bond donors (Lipinski definition) is 2. The average molecular weight is 456 g/mol. The molecule has 11 heteroatoms. The maximum atomic E-state index is 14.5. The fourth-order valence-corrected chi connectivity index (χ4v) is 5.28. The van der Waals surface area contributed by atoms with Crippen LogP contribution in [0.4, 0.5) is 8.78 Å². The monoisotopic (exact) mass is 455 g/mol. The standard InChI is InChI=1S/C20H27F2N5O3S/c1-12(28)7-26-10-15(6-18(23)20(26)16-5-14(21)3-4-17(16)22)25-8-13-9-27(31(2,29)30)24-19(13)11-25/h3-5,9,12,15,18,20,28H,6-8,10-11,23H2,1-2H3/t12-,15+,18-,20+/m0/s1. The number of aliphatic hydroxyl groups excluding tert-OH is 1. The van der Waals surface area contributed by atoms with Gasteiger partial charge >= 0.3 is 0 Å². The molecule has 0 aliphatic carbocycles. The Hall–Kier alpha value is -1.92. The second kappa shape index (κ2) is 8.21. The number of rotatable bonds is 5. The summed E-state index contributed by atoms with van der Waals surface area (Å²) in [4.78, 5) is 4.08. The van der Waals surface area contributed by atoms with E-state index in [2.05, 4.69) is 10.00 Å². The van der Waals surface area contributed by atoms with Gasteiger partial charge in [0.05, 0.1) is 24.1 Å². The minimum absolute atomic E-state index is 0.00232. The van der Waals surface area contributed by atoms with E-state index in [1.54, 1.807) is 6.92 Å². The number of β-amino-alcohol motifs (C(OH)–C–C–N with tert-alkyl or cyclic N) is 1. The maximum absolute atomic E-state index is 14.5. The molecule has 0 unspecified atom stereocenters. The third-order valence-electron chi connectivity index (χ3n) is 6.00. The lowest BCUT2D eigenvalue weighted by Gasteiger charge is -2.46. The molecule has 170 valence electrons. The van der Waals surface area contributed by atoms with Crippen LogP contribution in [0, 0.1) is 11.6 Å². The number of hydrogen-bond acceptors (Lipinski definition) is 7. The largest absolute Gasteiger partial charge is 0.392 e. The molecule has 4 rings (SSSR count). The van der Waals surface area contributed by atoms with Gasteiger partial charge in [0.25, 0.3) is 10.0 Å². The summed E-state index contributed by atoms with van der Waals surface area (Å²) in [5, 5.41) is 14.2. The Bertz CT molecular complexity index is 1050. The lowest BCUT2D eigenvalue weighted by Crippen LogP contribution is -2.57. The molecule has 2 aliphatic heterocycles. The van der Waals surface area contributed by atoms with Gasteiger partial charge in [0, 0.05) is 55.6 Å². The predicted octanol–water partition coefficient (Wildman–Crippen LogP) is 0.808. The van der Waals surface area contributed by atoms with E-state index in [0.717, 1.165) is 28.0 Å². The zero-order valence-corrected chi connectivity index (χ0v) is 18.3. The smallest absolute Gasteiger partial charge is 0.250 e. The Balaban J connectivity index is 1.56. The van der Waals surface area contributed by atoms with Crippen molar-refractivity contribution in [3.05, 3.63) is 52.9 Å². The third-order valence-corrected chi connectivity index (χ3v) is 6.87. The first-order valence-electron chi connectivity index (χ1n) is 10.2. The summed E-state index contributed by atoms with van der Waals surface area (Å²) in [7, 11) is -3.43. The van der Waals surface area contributed by atoms with Crippen molar-refractivity contribution in [3.8, 4) is 0 Å². The molecule has 8 nitrogen and oxygen atoms in total. The van der Waals surface area contributed by atoms with Gasteiger partial charge in [0.2, 0.25) is 0 Å². The van der Waals surface area contributed by atoms with Crippen molar-refractivity contribution >= 4 is 10.0 Å². The quantitative estimate of drug-likeness (QED) is 0.687. The molecule has 0 amide bonds. The van der Waals surface area contributed by atoms with E-state index in [-0.39, 0.29) is 18.2 Å². The first-order valence-corrected chi connectivity index (χ1v) is 12.0. The van der Waals surface area contributed by atoms with E-state index >= 15 is 0 Å². The summed E-state index contributed by atoms with van der Waals surface area (Å²) in [5.74, 6) is -1.05. The molecule has 2 aromatic rings. The van der Waals surface area contributed by atoms with Crippen LogP contribution in [0.15, 0.2) is 24.4 Å². The van der Waals surface area contributed by atoms with E-state index in [0.29, 0.717) is 31.7 Å². The van der Waals surface area contributed by atoms with E-state index in [4.69, 9.17) is 5.73 Å². The molecular formula is C20H27F2N5O3S. The van der Waals surface area contributed by atoms with Crippen LogP contribution in [0.1, 0.15) is 36.2 Å². The normalized spacial score (nSPS) is 26.2. The van der Waals surface area contributed by atoms with Crippen LogP contribution in [-0.4, -0.2) is 70.0 Å². The van der Waals surface area contributed by atoms with Crippen molar-refractivity contribution in [2.24, 2.45) is 5.73 Å². The van der Waals surface area contributed by atoms with Gasteiger partial charge in [-0.2, -0.15) is 9.19 Å². The van der Waals surface area contributed by atoms with Crippen LogP contribution in [0.5, 0.6) is 0 Å². The van der Waals surface area contributed by atoms with Crippen LogP contribution >= 0.6 is 0 Å². The zero-order valence-electron chi connectivity index (χ0n) is 17.4. The summed E-state index contributed by atoms with van der Waals surface area (Å²) in [6, 6.07) is 2.33. The van der Waals surface area contributed by atoms with Gasteiger partial charge in [-0.1, -0.05) is 0 Å². The molecule has 1 fully saturated rings. The van der Waals surface area contributed by atoms with Crippen molar-refractivity contribution in [3.63, 3.8) is 0 Å². The molecule has 2 aliphatic rings. The van der Waals surface area contributed by atoms with Gasteiger partial charge in [0.15, 0.2) is 0 Å². The highest BCUT2D eigenvalue weighted by Crippen LogP contribution is 2.36. The molecule has 4 atom stereocenters. The molecule has 1 aromatic carbocycles. The van der Waals surface area contributed by atoms with Crippen molar-refractivity contribution in [2.75, 3.05) is 19.3 Å². The molecule has 0 spiro atoms. The molecule has 3 heterocycles. The average Bonchev–Trinajstić information content (AvgIpc) is 3.22. The zero-order chi connectivity index (χ0) is 22.5. The summed E-state index contributed by atoms with van der Waals surface area (Å²) in [6.07, 6.45) is 2.52. The highest BCUT2D eigenvalue weighted by atomic mass is 32.2. The van der Waals surface area contributed by atoms with Crippen molar-refractivity contribution in [1.29, 1.82) is 0 Å². The summed E-state index contributed by atoms with van der Waals surface area (Å²) >= 11 is 0. The topological polar surface area (TPSA) is 105 Å².